The van der Waals surface area contributed by atoms with Crippen LogP contribution in [0.25, 0.3) is 16.5 Å². The van der Waals surface area contributed by atoms with Gasteiger partial charge in [0.2, 0.25) is 10.0 Å². The fourth-order valence-corrected chi connectivity index (χ4v) is 4.24. The molecule has 0 unspecified atom stereocenters. The highest BCUT2D eigenvalue weighted by Gasteiger charge is 2.17. The maximum Gasteiger partial charge on any atom is 0.276 e. The van der Waals surface area contributed by atoms with Crippen LogP contribution in [0.2, 0.25) is 0 Å². The van der Waals surface area contributed by atoms with Crippen LogP contribution in [0.5, 0.6) is 0 Å². The van der Waals surface area contributed by atoms with E-state index in [0.29, 0.717) is 11.1 Å². The van der Waals surface area contributed by atoms with Gasteiger partial charge in [-0.25, -0.2) is 13.4 Å². The maximum atomic E-state index is 12.9. The normalized spacial score (nSPS) is 15.0. The van der Waals surface area contributed by atoms with Gasteiger partial charge in [-0.15, -0.1) is 0 Å². The molecule has 0 radical (unpaired) electrons. The van der Waals surface area contributed by atoms with Gasteiger partial charge in [0.05, 0.1) is 23.7 Å². The number of sulfonamides is 1. The number of carbonyl (C=O) groups excluding carboxylic acids is 1. The number of hydrogen-bond donors (Lipinski definition) is 3. The quantitative estimate of drug-likeness (QED) is 0.310. The maximum absolute atomic E-state index is 12.9. The van der Waals surface area contributed by atoms with Gasteiger partial charge in [-0.2, -0.15) is 5.10 Å². The van der Waals surface area contributed by atoms with Gasteiger partial charge in [-0.1, -0.05) is 12.1 Å². The zero-order valence-corrected chi connectivity index (χ0v) is 20.4. The van der Waals surface area contributed by atoms with E-state index >= 15 is 0 Å². The lowest BCUT2D eigenvalue weighted by molar-refractivity contribution is 0.102. The van der Waals surface area contributed by atoms with Gasteiger partial charge in [0, 0.05) is 18.1 Å². The molecule has 1 amide bonds. The Hall–Kier alpha value is -3.83. The number of hydrogen-bond acceptors (Lipinski definition) is 7. The molecular weight excluding hydrogens is 466 g/mol. The van der Waals surface area contributed by atoms with E-state index in [1.165, 1.54) is 18.7 Å². The average molecular weight is 494 g/mol. The second kappa shape index (κ2) is 10.2. The molecule has 3 N–H and O–H groups in total. The number of pyridine rings is 1. The predicted octanol–water partition coefficient (Wildman–Crippen LogP) is 3.28. The zero-order chi connectivity index (χ0) is 25.0. The first kappa shape index (κ1) is 24.3. The van der Waals surface area contributed by atoms with Crippen LogP contribution in [-0.2, 0) is 10.0 Å². The van der Waals surface area contributed by atoms with Crippen LogP contribution in [-0.4, -0.2) is 67.0 Å². The third-order valence-electron chi connectivity index (χ3n) is 5.56. The van der Waals surface area contributed by atoms with Crippen molar-refractivity contribution < 1.29 is 13.2 Å². The highest BCUT2D eigenvalue weighted by atomic mass is 32.2. The third kappa shape index (κ3) is 6.19. The Labute approximate surface area is 203 Å². The van der Waals surface area contributed by atoms with E-state index in [-0.39, 0.29) is 11.5 Å². The van der Waals surface area contributed by atoms with Crippen molar-refractivity contribution in [2.75, 3.05) is 35.9 Å². The lowest BCUT2D eigenvalue weighted by Gasteiger charge is -2.30. The Morgan fingerprint density at radius 1 is 1.29 bits per heavy atom. The Balaban J connectivity index is 1.54. The fourth-order valence-electron chi connectivity index (χ4n) is 3.74. The second-order valence-electron chi connectivity index (χ2n) is 8.44. The number of carbonyl (C=O) groups is 1. The summed E-state index contributed by atoms with van der Waals surface area (Å²) in [6.45, 7) is 8.61. The van der Waals surface area contributed by atoms with Gasteiger partial charge >= 0.3 is 0 Å². The molecule has 35 heavy (non-hydrogen) atoms. The fraction of sp³-hybridized carbons (Fsp3) is 0.250. The number of likely N-dealkylation sites (tertiary alicyclic amines) is 1. The van der Waals surface area contributed by atoms with Crippen LogP contribution in [0.4, 0.5) is 11.5 Å². The molecule has 10 nitrogen and oxygen atoms in total. The monoisotopic (exact) mass is 493 g/mol. The summed E-state index contributed by atoms with van der Waals surface area (Å²) < 4.78 is 24.9. The minimum absolute atomic E-state index is 0.164. The van der Waals surface area contributed by atoms with Crippen molar-refractivity contribution >= 4 is 50.6 Å². The molecule has 1 saturated heterocycles. The van der Waals surface area contributed by atoms with Crippen LogP contribution in [0.1, 0.15) is 29.4 Å². The molecule has 4 rings (SSSR count). The smallest absolute Gasteiger partial charge is 0.276 e. The second-order valence-corrected chi connectivity index (χ2v) is 10.2. The number of nitrogens with one attached hydrogen (secondary N) is 3. The number of nitrogens with zero attached hydrogens (tertiary/aromatic N) is 4. The molecular formula is C24H27N7O3S. The van der Waals surface area contributed by atoms with Crippen LogP contribution < -0.4 is 10.0 Å². The lowest BCUT2D eigenvalue weighted by Crippen LogP contribution is -2.38. The summed E-state index contributed by atoms with van der Waals surface area (Å²) in [6.07, 6.45) is 7.50. The molecule has 1 aliphatic heterocycles. The van der Waals surface area contributed by atoms with E-state index < -0.39 is 15.9 Å². The van der Waals surface area contributed by atoms with Crippen LogP contribution in [0, 0.1) is 0 Å². The topological polar surface area (TPSA) is 132 Å². The van der Waals surface area contributed by atoms with E-state index in [1.54, 1.807) is 12.3 Å². The van der Waals surface area contributed by atoms with Crippen molar-refractivity contribution in [3.8, 4) is 0 Å². The average Bonchev–Trinajstić information content (AvgIpc) is 3.20. The number of aliphatic imine (C=N–C) groups is 1. The SMILES string of the molecule is C=N/C=C(\C=C(/C)c1ccc2[nH]nc(C(=O)Nc3ccc(NS(C)(=O)=O)nc3)c2c1)CN1CCC1. The van der Waals surface area contributed by atoms with E-state index in [9.17, 15) is 13.2 Å². The highest BCUT2D eigenvalue weighted by Crippen LogP contribution is 2.25. The minimum Gasteiger partial charge on any atom is -0.319 e. The molecule has 0 saturated carbocycles. The van der Waals surface area contributed by atoms with Crippen molar-refractivity contribution in [2.45, 2.75) is 13.3 Å². The number of rotatable bonds is 9. The number of anilines is 2. The van der Waals surface area contributed by atoms with Crippen LogP contribution >= 0.6 is 0 Å². The molecule has 0 atom stereocenters. The number of aromatic nitrogens is 3. The summed E-state index contributed by atoms with van der Waals surface area (Å²) >= 11 is 0. The van der Waals surface area contributed by atoms with Crippen molar-refractivity contribution in [1.29, 1.82) is 0 Å². The molecule has 182 valence electrons. The van der Waals surface area contributed by atoms with Gasteiger partial charge in [-0.05, 0) is 74.1 Å². The molecule has 0 bridgehead atoms. The molecule has 1 aliphatic rings. The molecule has 2 aromatic heterocycles. The first-order valence-electron chi connectivity index (χ1n) is 11.0. The number of amides is 1. The van der Waals surface area contributed by atoms with Gasteiger partial charge in [-0.3, -0.25) is 24.5 Å². The van der Waals surface area contributed by atoms with Crippen LogP contribution in [0.15, 0.2) is 59.4 Å². The standard InChI is InChI=1S/C24H27N7O3S/c1-16(11-17(13-25-2)15-31-9-4-10-31)18-5-7-21-20(12-18)23(29-28-21)24(32)27-19-6-8-22(26-14-19)30-35(3,33)34/h5-8,11-14H,2,4,9-10,15H2,1,3H3,(H,26,30)(H,27,32)(H,28,29)/b16-11+,17-13+. The summed E-state index contributed by atoms with van der Waals surface area (Å²) in [7, 11) is -3.43. The number of allylic oxidation sites excluding steroid dienone is 1. The van der Waals surface area contributed by atoms with Gasteiger partial charge < -0.3 is 5.32 Å². The van der Waals surface area contributed by atoms with E-state index in [4.69, 9.17) is 0 Å². The van der Waals surface area contributed by atoms with Crippen molar-refractivity contribution in [3.05, 3.63) is 65.6 Å². The Kier molecular flexibility index (Phi) is 7.08. The Morgan fingerprint density at radius 2 is 2.09 bits per heavy atom. The predicted molar refractivity (Wildman–Crippen MR) is 139 cm³/mol. The molecule has 1 fully saturated rings. The third-order valence-corrected chi connectivity index (χ3v) is 6.14. The van der Waals surface area contributed by atoms with Gasteiger partial charge in [0.25, 0.3) is 5.91 Å². The van der Waals surface area contributed by atoms with Gasteiger partial charge in [0.15, 0.2) is 5.69 Å². The molecule has 11 heteroatoms. The Morgan fingerprint density at radius 3 is 2.71 bits per heavy atom. The van der Waals surface area contributed by atoms with Crippen molar-refractivity contribution in [3.63, 3.8) is 0 Å². The summed E-state index contributed by atoms with van der Waals surface area (Å²) in [5.41, 5.74) is 4.47. The van der Waals surface area contributed by atoms with Gasteiger partial charge in [0.1, 0.15) is 5.82 Å². The summed E-state index contributed by atoms with van der Waals surface area (Å²) in [5, 5.41) is 10.5. The summed E-state index contributed by atoms with van der Waals surface area (Å²) in [5.74, 6) is -0.244. The highest BCUT2D eigenvalue weighted by molar-refractivity contribution is 7.92. The number of benzene rings is 1. The summed E-state index contributed by atoms with van der Waals surface area (Å²) in [6, 6.07) is 8.83. The molecule has 3 aromatic rings. The number of H-pyrrole nitrogens is 1. The summed E-state index contributed by atoms with van der Waals surface area (Å²) in [4.78, 5) is 23.2. The van der Waals surface area contributed by atoms with E-state index in [0.717, 1.165) is 48.1 Å². The Bertz CT molecular complexity index is 1420. The minimum atomic E-state index is -3.43. The largest absolute Gasteiger partial charge is 0.319 e. The first-order chi connectivity index (χ1) is 16.7. The number of aromatic amines is 1. The van der Waals surface area contributed by atoms with Crippen LogP contribution in [0.3, 0.4) is 0 Å². The molecule has 0 spiro atoms. The van der Waals surface area contributed by atoms with E-state index in [1.807, 2.05) is 25.1 Å². The molecule has 1 aromatic carbocycles. The number of fused-ring (bicyclic) bond motifs is 1. The van der Waals surface area contributed by atoms with Crippen molar-refractivity contribution in [2.24, 2.45) is 4.99 Å². The van der Waals surface area contributed by atoms with Crippen molar-refractivity contribution in [1.82, 2.24) is 20.1 Å². The lowest BCUT2D eigenvalue weighted by atomic mass is 10.0. The first-order valence-corrected chi connectivity index (χ1v) is 12.9. The zero-order valence-electron chi connectivity index (χ0n) is 19.6. The molecule has 3 heterocycles. The molecule has 0 aliphatic carbocycles. The van der Waals surface area contributed by atoms with E-state index in [2.05, 4.69) is 47.9 Å².